The summed E-state index contributed by atoms with van der Waals surface area (Å²) in [4.78, 5) is 18.0. The van der Waals surface area contributed by atoms with E-state index in [0.29, 0.717) is 24.5 Å². The summed E-state index contributed by atoms with van der Waals surface area (Å²) in [6, 6.07) is 20.1. The standard InChI is InChI=1S/C28H23N3O5/c29-16-25-24(22-9-12-35-18-22)15-26(20-5-7-23(8-6-20)31-10-13-34-14-11-31)30-27(25)36-17-19-1-3-21(4-2-19)28(32)33/h1-9,12,15,18H,10-11,13-14,17H2,(H,32,33)/p-1. The number of carbonyl (C=O) groups is 1. The van der Waals surface area contributed by atoms with Crippen LogP contribution in [0.15, 0.2) is 77.6 Å². The topological polar surface area (TPSA) is 112 Å². The second-order valence-electron chi connectivity index (χ2n) is 8.28. The van der Waals surface area contributed by atoms with Crippen molar-refractivity contribution in [1.82, 2.24) is 4.98 Å². The Bertz CT molecular complexity index is 1390. The molecule has 0 atom stereocenters. The Kier molecular flexibility index (Phi) is 6.65. The van der Waals surface area contributed by atoms with E-state index < -0.39 is 5.97 Å². The van der Waals surface area contributed by atoms with Crippen LogP contribution in [0.2, 0.25) is 0 Å². The van der Waals surface area contributed by atoms with E-state index in [9.17, 15) is 15.2 Å². The van der Waals surface area contributed by atoms with Gasteiger partial charge in [-0.25, -0.2) is 4.98 Å². The molecular weight excluding hydrogens is 458 g/mol. The number of rotatable bonds is 7. The Hall–Kier alpha value is -4.61. The van der Waals surface area contributed by atoms with E-state index in [0.717, 1.165) is 35.5 Å². The van der Waals surface area contributed by atoms with E-state index in [1.165, 1.54) is 12.1 Å². The van der Waals surface area contributed by atoms with Gasteiger partial charge in [-0.05, 0) is 35.4 Å². The number of morpholine rings is 1. The van der Waals surface area contributed by atoms with Gasteiger partial charge in [-0.3, -0.25) is 0 Å². The van der Waals surface area contributed by atoms with Gasteiger partial charge < -0.3 is 28.7 Å². The lowest BCUT2D eigenvalue weighted by Crippen LogP contribution is -2.36. The van der Waals surface area contributed by atoms with Crippen molar-refractivity contribution in [1.29, 1.82) is 5.26 Å². The van der Waals surface area contributed by atoms with Crippen LogP contribution in [0.1, 0.15) is 21.5 Å². The number of hydrogen-bond donors (Lipinski definition) is 0. The number of carbonyl (C=O) groups excluding carboxylic acids is 1. The summed E-state index contributed by atoms with van der Waals surface area (Å²) >= 11 is 0. The minimum absolute atomic E-state index is 0.0827. The van der Waals surface area contributed by atoms with Crippen LogP contribution in [-0.2, 0) is 11.3 Å². The maximum absolute atomic E-state index is 11.0. The third-order valence-electron chi connectivity index (χ3n) is 6.03. The largest absolute Gasteiger partial charge is 0.545 e. The Morgan fingerprint density at radius 1 is 1.06 bits per heavy atom. The molecule has 0 radical (unpaired) electrons. The average molecular weight is 481 g/mol. The highest BCUT2D eigenvalue weighted by atomic mass is 16.5. The van der Waals surface area contributed by atoms with E-state index in [-0.39, 0.29) is 23.6 Å². The fourth-order valence-electron chi connectivity index (χ4n) is 4.08. The molecule has 8 heteroatoms. The Balaban J connectivity index is 1.48. The zero-order valence-corrected chi connectivity index (χ0v) is 19.3. The number of pyridine rings is 1. The van der Waals surface area contributed by atoms with Crippen molar-refractivity contribution < 1.29 is 23.8 Å². The highest BCUT2D eigenvalue weighted by Gasteiger charge is 2.18. The Morgan fingerprint density at radius 2 is 1.81 bits per heavy atom. The molecule has 0 bridgehead atoms. The first-order valence-corrected chi connectivity index (χ1v) is 11.5. The van der Waals surface area contributed by atoms with Crippen molar-refractivity contribution in [3.63, 3.8) is 0 Å². The van der Waals surface area contributed by atoms with Crippen LogP contribution in [-0.4, -0.2) is 37.3 Å². The molecule has 0 aliphatic carbocycles. The summed E-state index contributed by atoms with van der Waals surface area (Å²) in [5.41, 5.74) is 5.14. The monoisotopic (exact) mass is 480 g/mol. The molecule has 2 aromatic carbocycles. The second kappa shape index (κ2) is 10.3. The van der Waals surface area contributed by atoms with Gasteiger partial charge >= 0.3 is 0 Å². The molecule has 0 amide bonds. The summed E-state index contributed by atoms with van der Waals surface area (Å²) in [6.07, 6.45) is 3.12. The van der Waals surface area contributed by atoms with Crippen molar-refractivity contribution in [2.75, 3.05) is 31.2 Å². The maximum atomic E-state index is 11.0. The van der Waals surface area contributed by atoms with E-state index in [2.05, 4.69) is 28.1 Å². The third-order valence-corrected chi connectivity index (χ3v) is 6.03. The van der Waals surface area contributed by atoms with Crippen LogP contribution < -0.4 is 14.7 Å². The molecule has 1 aliphatic heterocycles. The zero-order valence-electron chi connectivity index (χ0n) is 19.3. The van der Waals surface area contributed by atoms with Crippen molar-refractivity contribution in [3.05, 3.63) is 89.9 Å². The van der Waals surface area contributed by atoms with Crippen LogP contribution in [0, 0.1) is 11.3 Å². The van der Waals surface area contributed by atoms with Crippen LogP contribution in [0.3, 0.4) is 0 Å². The SMILES string of the molecule is N#Cc1c(-c2ccoc2)cc(-c2ccc(N3CCOCC3)cc2)nc1OCc1ccc(C(=O)[O-])cc1. The van der Waals surface area contributed by atoms with Crippen molar-refractivity contribution >= 4 is 11.7 Å². The molecular formula is C28H22N3O5-. The molecule has 8 nitrogen and oxygen atoms in total. The van der Waals surface area contributed by atoms with Gasteiger partial charge in [-0.2, -0.15) is 5.26 Å². The predicted molar refractivity (Wildman–Crippen MR) is 130 cm³/mol. The maximum Gasteiger partial charge on any atom is 0.233 e. The minimum Gasteiger partial charge on any atom is -0.545 e. The normalized spacial score (nSPS) is 13.2. The number of benzene rings is 2. The number of carboxylic acids is 1. The van der Waals surface area contributed by atoms with E-state index in [4.69, 9.17) is 13.9 Å². The van der Waals surface area contributed by atoms with Crippen LogP contribution in [0.4, 0.5) is 5.69 Å². The third kappa shape index (κ3) is 4.92. The van der Waals surface area contributed by atoms with Crippen molar-refractivity contribution in [2.24, 2.45) is 0 Å². The predicted octanol–water partition coefficient (Wildman–Crippen LogP) is 3.66. The van der Waals surface area contributed by atoms with Gasteiger partial charge in [0.1, 0.15) is 18.2 Å². The molecule has 3 heterocycles. The molecule has 1 saturated heterocycles. The highest BCUT2D eigenvalue weighted by Crippen LogP contribution is 2.34. The smallest absolute Gasteiger partial charge is 0.233 e. The van der Waals surface area contributed by atoms with Gasteiger partial charge in [-0.15, -0.1) is 0 Å². The zero-order chi connectivity index (χ0) is 24.9. The van der Waals surface area contributed by atoms with Gasteiger partial charge in [0.2, 0.25) is 5.88 Å². The van der Waals surface area contributed by atoms with E-state index >= 15 is 0 Å². The molecule has 1 aliphatic rings. The number of aromatic nitrogens is 1. The summed E-state index contributed by atoms with van der Waals surface area (Å²) in [6.45, 7) is 3.23. The van der Waals surface area contributed by atoms with Gasteiger partial charge in [0.15, 0.2) is 0 Å². The molecule has 36 heavy (non-hydrogen) atoms. The Labute approximate surface area is 208 Å². The number of nitrogens with zero attached hydrogens (tertiary/aromatic N) is 3. The number of ether oxygens (including phenoxy) is 2. The highest BCUT2D eigenvalue weighted by molar-refractivity contribution is 5.85. The van der Waals surface area contributed by atoms with Crippen LogP contribution >= 0.6 is 0 Å². The molecule has 0 N–H and O–H groups in total. The van der Waals surface area contributed by atoms with E-state index in [1.807, 2.05) is 18.2 Å². The molecule has 0 saturated carbocycles. The van der Waals surface area contributed by atoms with E-state index in [1.54, 1.807) is 30.7 Å². The lowest BCUT2D eigenvalue weighted by molar-refractivity contribution is -0.255. The summed E-state index contributed by atoms with van der Waals surface area (Å²) < 4.78 is 16.7. The number of aromatic carboxylic acids is 1. The number of hydrogen-bond acceptors (Lipinski definition) is 8. The molecule has 180 valence electrons. The number of nitriles is 1. The quantitative estimate of drug-likeness (QED) is 0.394. The molecule has 4 aromatic rings. The summed E-state index contributed by atoms with van der Waals surface area (Å²) in [7, 11) is 0. The summed E-state index contributed by atoms with van der Waals surface area (Å²) in [5.74, 6) is -1.06. The van der Waals surface area contributed by atoms with Gasteiger partial charge in [0.05, 0.1) is 37.4 Å². The number of carboxylic acid groups (broad SMARTS) is 1. The lowest BCUT2D eigenvalue weighted by atomic mass is 10.0. The first-order chi connectivity index (χ1) is 17.6. The molecule has 0 spiro atoms. The second-order valence-corrected chi connectivity index (χ2v) is 8.28. The first kappa shape index (κ1) is 23.1. The molecule has 0 unspecified atom stereocenters. The average Bonchev–Trinajstić information content (AvgIpc) is 3.47. The number of anilines is 1. The minimum atomic E-state index is -1.24. The van der Waals surface area contributed by atoms with Crippen LogP contribution in [0.25, 0.3) is 22.4 Å². The fourth-order valence-corrected chi connectivity index (χ4v) is 4.08. The summed E-state index contributed by atoms with van der Waals surface area (Å²) in [5, 5.41) is 21.0. The first-order valence-electron chi connectivity index (χ1n) is 11.5. The van der Waals surface area contributed by atoms with Crippen LogP contribution in [0.5, 0.6) is 5.88 Å². The van der Waals surface area contributed by atoms with Gasteiger partial charge in [0, 0.05) is 35.5 Å². The lowest BCUT2D eigenvalue weighted by Gasteiger charge is -2.28. The van der Waals surface area contributed by atoms with Crippen molar-refractivity contribution in [3.8, 4) is 34.3 Å². The van der Waals surface area contributed by atoms with Gasteiger partial charge in [-0.1, -0.05) is 36.4 Å². The Morgan fingerprint density at radius 3 is 2.44 bits per heavy atom. The molecule has 5 rings (SSSR count). The molecule has 2 aromatic heterocycles. The fraction of sp³-hybridized carbons (Fsp3) is 0.179. The van der Waals surface area contributed by atoms with Crippen molar-refractivity contribution in [2.45, 2.75) is 6.61 Å². The number of furan rings is 1. The molecule has 1 fully saturated rings. The van der Waals surface area contributed by atoms with Gasteiger partial charge in [0.25, 0.3) is 0 Å².